The van der Waals surface area contributed by atoms with Gasteiger partial charge in [-0.15, -0.1) is 0 Å². The van der Waals surface area contributed by atoms with Crippen LogP contribution in [0.15, 0.2) is 24.9 Å². The van der Waals surface area contributed by atoms with E-state index in [1.165, 1.54) is 9.80 Å². The molecular formula is C18H30N4O12. The largest absolute Gasteiger partial charge is 0.480 e. The summed E-state index contributed by atoms with van der Waals surface area (Å²) in [5.74, 6) is -5.58. The van der Waals surface area contributed by atoms with Crippen LogP contribution in [0, 0.1) is 0 Å². The molecule has 16 nitrogen and oxygen atoms in total. The van der Waals surface area contributed by atoms with E-state index in [9.17, 15) is 19.2 Å². The Bertz CT molecular complexity index is 700. The van der Waals surface area contributed by atoms with Gasteiger partial charge in [-0.3, -0.25) is 38.8 Å². The Balaban J connectivity index is 5.20. The topological polar surface area (TPSA) is 221 Å². The molecule has 0 unspecified atom stereocenters. The average molecular weight is 494 g/mol. The number of aliphatic carboxylic acids is 4. The fourth-order valence-corrected chi connectivity index (χ4v) is 2.81. The first kappa shape index (κ1) is 30.6. The van der Waals surface area contributed by atoms with Crippen LogP contribution in [0.5, 0.6) is 0 Å². The highest BCUT2D eigenvalue weighted by Crippen LogP contribution is 2.11. The fraction of sp³-hybridized carbons (Fsp3) is 0.556. The SMILES string of the molecule is C=C(OO)N(CCN(CCN(CCN(CC(=O)O)CC(=O)O)CC(=O)O)CC(=O)O)C(=C)OO. The van der Waals surface area contributed by atoms with Crippen molar-refractivity contribution in [3.63, 3.8) is 0 Å². The summed E-state index contributed by atoms with van der Waals surface area (Å²) in [6, 6.07) is 0. The summed E-state index contributed by atoms with van der Waals surface area (Å²) in [5.41, 5.74) is 0. The molecule has 0 saturated carbocycles. The number of hydrogen-bond acceptors (Lipinski definition) is 12. The third kappa shape index (κ3) is 13.9. The molecule has 0 heterocycles. The number of nitrogens with zero attached hydrogens (tertiary/aromatic N) is 4. The standard InChI is InChI=1S/C18H30N4O12/c1-13(33-31)22(14(2)34-32)8-7-20(10-16(25)26)4-3-19(9-15(23)24)5-6-21(11-17(27)28)12-18(29)30/h31-32H,1-12H2,(H,23,24)(H,25,26)(H,27,28)(H,29,30). The summed E-state index contributed by atoms with van der Waals surface area (Å²) in [6.07, 6.45) is 0. The zero-order chi connectivity index (χ0) is 26.3. The van der Waals surface area contributed by atoms with Crippen LogP contribution in [0.2, 0.25) is 0 Å². The molecule has 0 aromatic carbocycles. The van der Waals surface area contributed by atoms with Crippen molar-refractivity contribution < 1.29 is 59.9 Å². The zero-order valence-electron chi connectivity index (χ0n) is 18.4. The predicted octanol–water partition coefficient (Wildman–Crippen LogP) is -1.55. The summed E-state index contributed by atoms with van der Waals surface area (Å²) < 4.78 is 0. The number of hydrogen-bond donors (Lipinski definition) is 6. The quantitative estimate of drug-likeness (QED) is 0.0604. The second-order valence-corrected chi connectivity index (χ2v) is 6.96. The Morgan fingerprint density at radius 3 is 1.09 bits per heavy atom. The highest BCUT2D eigenvalue weighted by atomic mass is 17.1. The van der Waals surface area contributed by atoms with Crippen molar-refractivity contribution >= 4 is 23.9 Å². The summed E-state index contributed by atoms with van der Waals surface area (Å²) >= 11 is 0. The van der Waals surface area contributed by atoms with Crippen molar-refractivity contribution in [2.24, 2.45) is 0 Å². The van der Waals surface area contributed by atoms with Gasteiger partial charge in [0.2, 0.25) is 11.8 Å². The van der Waals surface area contributed by atoms with Crippen LogP contribution in [-0.2, 0) is 29.0 Å². The van der Waals surface area contributed by atoms with Crippen LogP contribution in [0.3, 0.4) is 0 Å². The minimum absolute atomic E-state index is 0.00211. The molecule has 0 aliphatic heterocycles. The maximum absolute atomic E-state index is 11.2. The number of carboxylic acids is 4. The monoisotopic (exact) mass is 494 g/mol. The Morgan fingerprint density at radius 1 is 0.529 bits per heavy atom. The Hall–Kier alpha value is -3.44. The third-order valence-electron chi connectivity index (χ3n) is 4.35. The molecule has 0 spiro atoms. The van der Waals surface area contributed by atoms with Gasteiger partial charge < -0.3 is 30.2 Å². The van der Waals surface area contributed by atoms with E-state index >= 15 is 0 Å². The van der Waals surface area contributed by atoms with Gasteiger partial charge >= 0.3 is 23.9 Å². The lowest BCUT2D eigenvalue weighted by molar-refractivity contribution is -0.251. The third-order valence-corrected chi connectivity index (χ3v) is 4.35. The molecular weight excluding hydrogens is 464 g/mol. The van der Waals surface area contributed by atoms with Gasteiger partial charge in [-0.05, 0) is 13.2 Å². The van der Waals surface area contributed by atoms with Crippen molar-refractivity contribution in [2.45, 2.75) is 0 Å². The van der Waals surface area contributed by atoms with Crippen LogP contribution < -0.4 is 0 Å². The van der Waals surface area contributed by atoms with Crippen LogP contribution in [0.4, 0.5) is 0 Å². The van der Waals surface area contributed by atoms with E-state index in [4.69, 9.17) is 30.9 Å². The second-order valence-electron chi connectivity index (χ2n) is 6.96. The molecule has 0 amide bonds. The van der Waals surface area contributed by atoms with Gasteiger partial charge in [0.15, 0.2) is 0 Å². The van der Waals surface area contributed by atoms with Crippen molar-refractivity contribution in [1.29, 1.82) is 0 Å². The molecule has 0 aromatic heterocycles. The van der Waals surface area contributed by atoms with Crippen LogP contribution >= 0.6 is 0 Å². The van der Waals surface area contributed by atoms with E-state index in [0.717, 1.165) is 9.80 Å². The molecule has 0 fully saturated rings. The second kappa shape index (κ2) is 16.2. The smallest absolute Gasteiger partial charge is 0.317 e. The van der Waals surface area contributed by atoms with Crippen molar-refractivity contribution in [3.8, 4) is 0 Å². The highest BCUT2D eigenvalue weighted by Gasteiger charge is 2.20. The molecule has 0 radical (unpaired) electrons. The average Bonchev–Trinajstić information content (AvgIpc) is 2.73. The lowest BCUT2D eigenvalue weighted by atomic mass is 10.3. The normalized spacial score (nSPS) is 10.9. The molecule has 16 heteroatoms. The maximum Gasteiger partial charge on any atom is 0.317 e. The number of carbonyl (C=O) groups is 4. The van der Waals surface area contributed by atoms with E-state index in [2.05, 4.69) is 22.9 Å². The lowest BCUT2D eigenvalue weighted by Crippen LogP contribution is -2.45. The van der Waals surface area contributed by atoms with E-state index in [0.29, 0.717) is 0 Å². The molecule has 6 N–H and O–H groups in total. The fourth-order valence-electron chi connectivity index (χ4n) is 2.81. The first-order valence-corrected chi connectivity index (χ1v) is 9.72. The van der Waals surface area contributed by atoms with Gasteiger partial charge in [-0.1, -0.05) is 0 Å². The van der Waals surface area contributed by atoms with Crippen LogP contribution in [0.25, 0.3) is 0 Å². The summed E-state index contributed by atoms with van der Waals surface area (Å²) in [4.78, 5) is 57.2. The van der Waals surface area contributed by atoms with Gasteiger partial charge in [-0.2, -0.15) is 0 Å². The van der Waals surface area contributed by atoms with Gasteiger partial charge in [0, 0.05) is 39.3 Å². The number of rotatable bonds is 21. The van der Waals surface area contributed by atoms with E-state index in [1.807, 2.05) is 0 Å². The molecule has 194 valence electrons. The molecule has 0 bridgehead atoms. The van der Waals surface area contributed by atoms with Crippen LogP contribution in [0.1, 0.15) is 0 Å². The van der Waals surface area contributed by atoms with Gasteiger partial charge in [-0.25, -0.2) is 10.5 Å². The predicted molar refractivity (Wildman–Crippen MR) is 112 cm³/mol. The molecule has 0 aliphatic carbocycles. The van der Waals surface area contributed by atoms with Gasteiger partial charge in [0.1, 0.15) is 0 Å². The lowest BCUT2D eigenvalue weighted by Gasteiger charge is -2.29. The minimum atomic E-state index is -1.25. The Morgan fingerprint density at radius 2 is 0.794 bits per heavy atom. The van der Waals surface area contributed by atoms with Gasteiger partial charge in [0.05, 0.1) is 26.2 Å². The molecule has 0 aromatic rings. The summed E-state index contributed by atoms with van der Waals surface area (Å²) in [7, 11) is 0. The molecule has 0 rings (SSSR count). The van der Waals surface area contributed by atoms with Crippen molar-refractivity contribution in [2.75, 3.05) is 65.4 Å². The van der Waals surface area contributed by atoms with E-state index < -0.39 is 50.1 Å². The Labute approximate surface area is 194 Å². The van der Waals surface area contributed by atoms with Crippen LogP contribution in [-0.4, -0.2) is 140 Å². The Kier molecular flexibility index (Phi) is 14.6. The molecule has 0 atom stereocenters. The summed E-state index contributed by atoms with van der Waals surface area (Å²) in [6.45, 7) is 4.70. The highest BCUT2D eigenvalue weighted by molar-refractivity contribution is 5.72. The molecule has 0 saturated heterocycles. The zero-order valence-corrected chi connectivity index (χ0v) is 18.4. The van der Waals surface area contributed by atoms with Crippen molar-refractivity contribution in [3.05, 3.63) is 24.9 Å². The number of carboxylic acid groups (broad SMARTS) is 4. The first-order valence-electron chi connectivity index (χ1n) is 9.72. The molecule has 0 aliphatic rings. The molecule has 34 heavy (non-hydrogen) atoms. The first-order chi connectivity index (χ1) is 15.9. The van der Waals surface area contributed by atoms with E-state index in [1.54, 1.807) is 0 Å². The maximum atomic E-state index is 11.2. The summed E-state index contributed by atoms with van der Waals surface area (Å²) in [5, 5.41) is 53.7. The van der Waals surface area contributed by atoms with Gasteiger partial charge in [0.25, 0.3) is 0 Å². The van der Waals surface area contributed by atoms with Crippen molar-refractivity contribution in [1.82, 2.24) is 19.6 Å². The van der Waals surface area contributed by atoms with E-state index in [-0.39, 0.29) is 51.0 Å². The minimum Gasteiger partial charge on any atom is -0.480 e.